The molecule has 29 heavy (non-hydrogen) atoms. The molecule has 0 unspecified atom stereocenters. The molecule has 0 aliphatic heterocycles. The third-order valence-electron chi connectivity index (χ3n) is 5.03. The second-order valence-electron chi connectivity index (χ2n) is 7.69. The summed E-state index contributed by atoms with van der Waals surface area (Å²) in [5.41, 5.74) is 3.78. The van der Waals surface area contributed by atoms with Gasteiger partial charge >= 0.3 is 5.97 Å². The summed E-state index contributed by atoms with van der Waals surface area (Å²) in [6.07, 6.45) is 2.83. The van der Waals surface area contributed by atoms with Gasteiger partial charge in [0.2, 0.25) is 5.91 Å². The molecule has 1 aromatic carbocycles. The smallest absolute Gasteiger partial charge is 0.303 e. The van der Waals surface area contributed by atoms with Crippen molar-refractivity contribution in [2.45, 2.75) is 52.5 Å². The summed E-state index contributed by atoms with van der Waals surface area (Å²) < 4.78 is 0. The fraction of sp³-hybridized carbons (Fsp3) is 0.409. The summed E-state index contributed by atoms with van der Waals surface area (Å²) in [7, 11) is 0. The van der Waals surface area contributed by atoms with E-state index in [1.807, 2.05) is 31.2 Å². The van der Waals surface area contributed by atoms with Crippen molar-refractivity contribution in [2.75, 3.05) is 5.32 Å². The SMILES string of the molecule is Cc1ccc(CNC(=O)c2c(NC(=O)C[C@@H](C)CC(=O)O)sc3c2CCC3)cc1. The maximum atomic E-state index is 12.9. The van der Waals surface area contributed by atoms with Gasteiger partial charge in [-0.25, -0.2) is 0 Å². The lowest BCUT2D eigenvalue weighted by Crippen LogP contribution is -2.25. The standard InChI is InChI=1S/C22H26N2O4S/c1-13-6-8-15(9-7-13)12-23-21(28)20-16-4-3-5-17(16)29-22(20)24-18(25)10-14(2)11-19(26)27/h6-9,14H,3-5,10-12H2,1-2H3,(H,23,28)(H,24,25)(H,26,27)/t14-/m1/s1. The lowest BCUT2D eigenvalue weighted by atomic mass is 10.0. The highest BCUT2D eigenvalue weighted by Crippen LogP contribution is 2.39. The van der Waals surface area contributed by atoms with Crippen LogP contribution in [0.25, 0.3) is 0 Å². The normalized spacial score (nSPS) is 13.6. The minimum Gasteiger partial charge on any atom is -0.481 e. The summed E-state index contributed by atoms with van der Waals surface area (Å²) in [6.45, 7) is 4.17. The fourth-order valence-electron chi connectivity index (χ4n) is 3.57. The first-order valence-corrected chi connectivity index (χ1v) is 10.6. The maximum absolute atomic E-state index is 12.9. The lowest BCUT2D eigenvalue weighted by Gasteiger charge is -2.11. The number of carbonyl (C=O) groups is 3. The molecule has 2 aromatic rings. The van der Waals surface area contributed by atoms with Crippen LogP contribution in [-0.4, -0.2) is 22.9 Å². The summed E-state index contributed by atoms with van der Waals surface area (Å²) in [5, 5.41) is 15.3. The van der Waals surface area contributed by atoms with Crippen LogP contribution in [0.2, 0.25) is 0 Å². The Kier molecular flexibility index (Phi) is 6.69. The Morgan fingerprint density at radius 1 is 1.14 bits per heavy atom. The average molecular weight is 415 g/mol. The third kappa shape index (κ3) is 5.44. The van der Waals surface area contributed by atoms with Crippen LogP contribution < -0.4 is 10.6 Å². The van der Waals surface area contributed by atoms with Gasteiger partial charge in [0.15, 0.2) is 0 Å². The zero-order valence-corrected chi connectivity index (χ0v) is 17.5. The molecule has 1 atom stereocenters. The summed E-state index contributed by atoms with van der Waals surface area (Å²) in [5.74, 6) is -1.63. The van der Waals surface area contributed by atoms with Gasteiger partial charge in [0.25, 0.3) is 5.91 Å². The van der Waals surface area contributed by atoms with E-state index in [0.29, 0.717) is 17.1 Å². The van der Waals surface area contributed by atoms with Gasteiger partial charge in [0.05, 0.1) is 5.56 Å². The van der Waals surface area contributed by atoms with Crippen LogP contribution in [0.15, 0.2) is 24.3 Å². The zero-order valence-electron chi connectivity index (χ0n) is 16.7. The molecule has 1 heterocycles. The van der Waals surface area contributed by atoms with Crippen molar-refractivity contribution in [3.05, 3.63) is 51.4 Å². The Hall–Kier alpha value is -2.67. The monoisotopic (exact) mass is 414 g/mol. The molecule has 0 saturated carbocycles. The Labute approximate surface area is 174 Å². The highest BCUT2D eigenvalue weighted by molar-refractivity contribution is 7.17. The van der Waals surface area contributed by atoms with E-state index in [1.54, 1.807) is 6.92 Å². The number of hydrogen-bond acceptors (Lipinski definition) is 4. The van der Waals surface area contributed by atoms with Gasteiger partial charge in [-0.05, 0) is 43.2 Å². The van der Waals surface area contributed by atoms with E-state index in [-0.39, 0.29) is 30.6 Å². The molecule has 0 radical (unpaired) electrons. The van der Waals surface area contributed by atoms with E-state index in [1.165, 1.54) is 11.3 Å². The average Bonchev–Trinajstić information content (AvgIpc) is 3.20. The molecule has 3 rings (SSSR count). The predicted molar refractivity (Wildman–Crippen MR) is 113 cm³/mol. The first-order chi connectivity index (χ1) is 13.8. The molecular formula is C22H26N2O4S. The van der Waals surface area contributed by atoms with Gasteiger partial charge in [-0.2, -0.15) is 0 Å². The number of anilines is 1. The molecule has 2 amide bonds. The van der Waals surface area contributed by atoms with Crippen LogP contribution in [0.3, 0.4) is 0 Å². The molecule has 0 bridgehead atoms. The van der Waals surface area contributed by atoms with Crippen molar-refractivity contribution in [2.24, 2.45) is 5.92 Å². The molecule has 7 heteroatoms. The van der Waals surface area contributed by atoms with E-state index < -0.39 is 5.97 Å². The van der Waals surface area contributed by atoms with Crippen molar-refractivity contribution in [1.82, 2.24) is 5.32 Å². The number of aryl methyl sites for hydroxylation is 2. The largest absolute Gasteiger partial charge is 0.481 e. The molecule has 1 aliphatic rings. The first-order valence-electron chi connectivity index (χ1n) is 9.83. The molecular weight excluding hydrogens is 388 g/mol. The molecule has 3 N–H and O–H groups in total. The van der Waals surface area contributed by atoms with Crippen LogP contribution in [0.5, 0.6) is 0 Å². The van der Waals surface area contributed by atoms with Crippen LogP contribution in [0.4, 0.5) is 5.00 Å². The quantitative estimate of drug-likeness (QED) is 0.610. The van der Waals surface area contributed by atoms with Gasteiger partial charge < -0.3 is 15.7 Å². The number of thiophene rings is 1. The number of benzene rings is 1. The second-order valence-corrected chi connectivity index (χ2v) is 8.79. The van der Waals surface area contributed by atoms with Crippen molar-refractivity contribution in [3.63, 3.8) is 0 Å². The lowest BCUT2D eigenvalue weighted by molar-refractivity contribution is -0.138. The topological polar surface area (TPSA) is 95.5 Å². The Balaban J connectivity index is 1.70. The van der Waals surface area contributed by atoms with Gasteiger partial charge in [0.1, 0.15) is 5.00 Å². The zero-order chi connectivity index (χ0) is 21.0. The van der Waals surface area contributed by atoms with Crippen molar-refractivity contribution in [1.29, 1.82) is 0 Å². The minimum absolute atomic E-state index is 0.0573. The highest BCUT2D eigenvalue weighted by Gasteiger charge is 2.27. The van der Waals surface area contributed by atoms with E-state index >= 15 is 0 Å². The number of hydrogen-bond donors (Lipinski definition) is 3. The Morgan fingerprint density at radius 2 is 1.86 bits per heavy atom. The van der Waals surface area contributed by atoms with Crippen molar-refractivity contribution >= 4 is 34.1 Å². The van der Waals surface area contributed by atoms with E-state index in [0.717, 1.165) is 40.8 Å². The van der Waals surface area contributed by atoms with Gasteiger partial charge in [0, 0.05) is 24.3 Å². The van der Waals surface area contributed by atoms with Crippen LogP contribution in [0.1, 0.15) is 58.1 Å². The number of amides is 2. The van der Waals surface area contributed by atoms with E-state index in [4.69, 9.17) is 5.11 Å². The minimum atomic E-state index is -0.920. The number of fused-ring (bicyclic) bond motifs is 1. The van der Waals surface area contributed by atoms with Gasteiger partial charge in [-0.1, -0.05) is 36.8 Å². The Morgan fingerprint density at radius 3 is 2.55 bits per heavy atom. The predicted octanol–water partition coefficient (Wildman–Crippen LogP) is 3.91. The van der Waals surface area contributed by atoms with Crippen LogP contribution in [0, 0.1) is 12.8 Å². The number of carboxylic acid groups (broad SMARTS) is 1. The van der Waals surface area contributed by atoms with Crippen LogP contribution >= 0.6 is 11.3 Å². The summed E-state index contributed by atoms with van der Waals surface area (Å²) in [6, 6.07) is 7.99. The first kappa shape index (κ1) is 21.0. The second kappa shape index (κ2) is 9.22. The number of nitrogens with one attached hydrogen (secondary N) is 2. The van der Waals surface area contributed by atoms with Crippen LogP contribution in [-0.2, 0) is 29.0 Å². The molecule has 1 aliphatic carbocycles. The number of carbonyl (C=O) groups excluding carboxylic acids is 2. The fourth-order valence-corrected chi connectivity index (χ4v) is 4.88. The number of aliphatic carboxylic acids is 1. The summed E-state index contributed by atoms with van der Waals surface area (Å²) in [4.78, 5) is 37.3. The highest BCUT2D eigenvalue weighted by atomic mass is 32.1. The van der Waals surface area contributed by atoms with Crippen molar-refractivity contribution in [3.8, 4) is 0 Å². The molecule has 0 fully saturated rings. The molecule has 1 aromatic heterocycles. The molecule has 0 spiro atoms. The van der Waals surface area contributed by atoms with E-state index in [9.17, 15) is 14.4 Å². The third-order valence-corrected chi connectivity index (χ3v) is 6.24. The molecule has 154 valence electrons. The Bertz CT molecular complexity index is 918. The number of carboxylic acids is 1. The van der Waals surface area contributed by atoms with Gasteiger partial charge in [-0.15, -0.1) is 11.3 Å². The molecule has 0 saturated heterocycles. The van der Waals surface area contributed by atoms with E-state index in [2.05, 4.69) is 10.6 Å². The molecule has 6 nitrogen and oxygen atoms in total. The van der Waals surface area contributed by atoms with Gasteiger partial charge in [-0.3, -0.25) is 14.4 Å². The van der Waals surface area contributed by atoms with Crippen molar-refractivity contribution < 1.29 is 19.5 Å². The maximum Gasteiger partial charge on any atom is 0.303 e. The number of rotatable bonds is 8. The summed E-state index contributed by atoms with van der Waals surface area (Å²) >= 11 is 1.46.